The van der Waals surface area contributed by atoms with Crippen LogP contribution in [-0.2, 0) is 4.74 Å². The highest BCUT2D eigenvalue weighted by molar-refractivity contribution is 5.99. The van der Waals surface area contributed by atoms with Crippen molar-refractivity contribution in [1.29, 1.82) is 0 Å². The van der Waals surface area contributed by atoms with Crippen LogP contribution in [0.1, 0.15) is 33.4 Å². The van der Waals surface area contributed by atoms with Gasteiger partial charge in [0.05, 0.1) is 18.8 Å². The first kappa shape index (κ1) is 16.6. The molecule has 2 aromatic heterocycles. The molecule has 0 bridgehead atoms. The summed E-state index contributed by atoms with van der Waals surface area (Å²) in [5.41, 5.74) is 10.6. The van der Waals surface area contributed by atoms with Crippen LogP contribution in [0.3, 0.4) is 0 Å². The van der Waals surface area contributed by atoms with E-state index in [1.165, 1.54) is 5.56 Å². The number of morpholine rings is 1. The number of nitrogens with one attached hydrogen (secondary N) is 1. The lowest BCUT2D eigenvalue weighted by atomic mass is 10.1. The number of ether oxygens (including phenoxy) is 1. The van der Waals surface area contributed by atoms with Crippen LogP contribution in [0.2, 0.25) is 0 Å². The molecule has 1 aromatic carbocycles. The maximum absolute atomic E-state index is 13.0. The van der Waals surface area contributed by atoms with Gasteiger partial charge in [0, 0.05) is 28.7 Å². The van der Waals surface area contributed by atoms with Crippen molar-refractivity contribution in [1.82, 2.24) is 14.9 Å². The molecule has 0 aliphatic carbocycles. The Morgan fingerprint density at radius 3 is 2.96 bits per heavy atom. The van der Waals surface area contributed by atoms with Crippen LogP contribution in [0.25, 0.3) is 10.9 Å². The zero-order chi connectivity index (χ0) is 18.3. The van der Waals surface area contributed by atoms with Crippen molar-refractivity contribution < 1.29 is 9.53 Å². The Morgan fingerprint density at radius 2 is 2.15 bits per heavy atom. The topological polar surface area (TPSA) is 84.2 Å². The number of amides is 1. The van der Waals surface area contributed by atoms with Crippen LogP contribution in [0.15, 0.2) is 36.4 Å². The number of anilines is 1. The van der Waals surface area contributed by atoms with Crippen molar-refractivity contribution in [2.45, 2.75) is 20.0 Å². The maximum Gasteiger partial charge on any atom is 0.254 e. The number of aromatic nitrogens is 2. The van der Waals surface area contributed by atoms with E-state index in [9.17, 15) is 4.79 Å². The summed E-state index contributed by atoms with van der Waals surface area (Å²) in [6.45, 7) is 5.64. The number of benzene rings is 1. The molecule has 1 fully saturated rings. The molecule has 1 aliphatic heterocycles. The third-order valence-corrected chi connectivity index (χ3v) is 5.03. The quantitative estimate of drug-likeness (QED) is 0.744. The number of carbonyl (C=O) groups excluding carboxylic acids is 1. The van der Waals surface area contributed by atoms with E-state index in [1.807, 2.05) is 42.2 Å². The number of aryl methyl sites for hydroxylation is 2. The minimum atomic E-state index is -0.254. The van der Waals surface area contributed by atoms with Gasteiger partial charge in [-0.05, 0) is 49.7 Å². The van der Waals surface area contributed by atoms with Gasteiger partial charge in [0.1, 0.15) is 11.9 Å². The van der Waals surface area contributed by atoms with E-state index in [0.717, 1.165) is 22.3 Å². The second-order valence-electron chi connectivity index (χ2n) is 6.73. The first-order valence-corrected chi connectivity index (χ1v) is 8.75. The number of nitrogens with two attached hydrogens (primary N) is 1. The lowest BCUT2D eigenvalue weighted by Crippen LogP contribution is -2.42. The summed E-state index contributed by atoms with van der Waals surface area (Å²) in [5, 5.41) is 1.09. The zero-order valence-corrected chi connectivity index (χ0v) is 15.0. The number of hydrogen-bond acceptors (Lipinski definition) is 4. The molecule has 3 N–H and O–H groups in total. The van der Waals surface area contributed by atoms with Gasteiger partial charge in [-0.3, -0.25) is 4.79 Å². The minimum Gasteiger partial charge on any atom is -0.384 e. The van der Waals surface area contributed by atoms with Gasteiger partial charge in [0.25, 0.3) is 5.91 Å². The summed E-state index contributed by atoms with van der Waals surface area (Å²) in [7, 11) is 0. The predicted molar refractivity (Wildman–Crippen MR) is 101 cm³/mol. The predicted octanol–water partition coefficient (Wildman–Crippen LogP) is 2.98. The van der Waals surface area contributed by atoms with Gasteiger partial charge in [-0.25, -0.2) is 4.98 Å². The largest absolute Gasteiger partial charge is 0.384 e. The molecule has 26 heavy (non-hydrogen) atoms. The highest BCUT2D eigenvalue weighted by atomic mass is 16.5. The molecule has 0 spiro atoms. The van der Waals surface area contributed by atoms with Crippen molar-refractivity contribution in [3.05, 3.63) is 58.9 Å². The van der Waals surface area contributed by atoms with Gasteiger partial charge in [0.2, 0.25) is 0 Å². The van der Waals surface area contributed by atoms with Crippen LogP contribution in [0.5, 0.6) is 0 Å². The smallest absolute Gasteiger partial charge is 0.254 e. The van der Waals surface area contributed by atoms with E-state index in [1.54, 1.807) is 6.07 Å². The van der Waals surface area contributed by atoms with Crippen LogP contribution in [-0.4, -0.2) is 40.5 Å². The molecule has 0 unspecified atom stereocenters. The van der Waals surface area contributed by atoms with Crippen molar-refractivity contribution in [3.8, 4) is 0 Å². The lowest BCUT2D eigenvalue weighted by Gasteiger charge is -2.32. The van der Waals surface area contributed by atoms with Gasteiger partial charge >= 0.3 is 0 Å². The number of hydrogen-bond donors (Lipinski definition) is 2. The third kappa shape index (κ3) is 2.93. The monoisotopic (exact) mass is 350 g/mol. The van der Waals surface area contributed by atoms with Crippen LogP contribution in [0.4, 0.5) is 5.82 Å². The summed E-state index contributed by atoms with van der Waals surface area (Å²) in [4.78, 5) is 22.5. The number of carbonyl (C=O) groups is 1. The molecule has 0 saturated carbocycles. The minimum absolute atomic E-state index is 0.0161. The van der Waals surface area contributed by atoms with Gasteiger partial charge in [-0.2, -0.15) is 0 Å². The molecule has 4 rings (SSSR count). The lowest BCUT2D eigenvalue weighted by molar-refractivity contribution is -0.0246. The van der Waals surface area contributed by atoms with E-state index in [4.69, 9.17) is 10.5 Å². The number of H-pyrrole nitrogens is 1. The number of rotatable bonds is 2. The second kappa shape index (κ2) is 6.46. The number of nitrogen functional groups attached to an aromatic ring is 1. The summed E-state index contributed by atoms with van der Waals surface area (Å²) in [6, 6.07) is 11.3. The molecule has 1 aliphatic rings. The fourth-order valence-electron chi connectivity index (χ4n) is 3.44. The highest BCUT2D eigenvalue weighted by Crippen LogP contribution is 2.25. The summed E-state index contributed by atoms with van der Waals surface area (Å²) in [6.07, 6.45) is -0.254. The Morgan fingerprint density at radius 1 is 1.31 bits per heavy atom. The Balaban J connectivity index is 1.58. The Labute approximate surface area is 152 Å². The van der Waals surface area contributed by atoms with Crippen LogP contribution >= 0.6 is 0 Å². The van der Waals surface area contributed by atoms with Crippen molar-refractivity contribution in [2.24, 2.45) is 0 Å². The van der Waals surface area contributed by atoms with Crippen molar-refractivity contribution >= 4 is 22.6 Å². The van der Waals surface area contributed by atoms with E-state index in [-0.39, 0.29) is 12.0 Å². The molecular weight excluding hydrogens is 328 g/mol. The van der Waals surface area contributed by atoms with E-state index >= 15 is 0 Å². The molecule has 6 nitrogen and oxygen atoms in total. The van der Waals surface area contributed by atoms with E-state index in [0.29, 0.717) is 31.1 Å². The number of pyridine rings is 1. The van der Waals surface area contributed by atoms with Crippen molar-refractivity contribution in [3.63, 3.8) is 0 Å². The molecule has 3 heterocycles. The molecule has 1 saturated heterocycles. The average Bonchev–Trinajstić information content (AvgIpc) is 2.95. The Kier molecular flexibility index (Phi) is 4.12. The number of fused-ring (bicyclic) bond motifs is 1. The van der Waals surface area contributed by atoms with Gasteiger partial charge < -0.3 is 20.4 Å². The number of nitrogens with zero attached hydrogens (tertiary/aromatic N) is 2. The molecule has 0 radical (unpaired) electrons. The van der Waals surface area contributed by atoms with Gasteiger partial charge in [0.15, 0.2) is 0 Å². The fraction of sp³-hybridized carbons (Fsp3) is 0.300. The van der Waals surface area contributed by atoms with E-state index < -0.39 is 0 Å². The molecule has 134 valence electrons. The molecule has 6 heteroatoms. The van der Waals surface area contributed by atoms with Gasteiger partial charge in [-0.15, -0.1) is 0 Å². The fourth-order valence-corrected chi connectivity index (χ4v) is 3.44. The summed E-state index contributed by atoms with van der Waals surface area (Å²) >= 11 is 0. The Bertz CT molecular complexity index is 979. The molecule has 1 amide bonds. The summed E-state index contributed by atoms with van der Waals surface area (Å²) in [5.74, 6) is 0.473. The standard InChI is InChI=1S/C20H22N4O2/c1-12-13(2)22-16-7-6-14(10-15(12)16)20(25)24-8-9-26-18(11-24)17-4-3-5-19(21)23-17/h3-7,10,18,22H,8-9,11H2,1-2H3,(H2,21,23)/t18-/m0/s1. The molecule has 3 aromatic rings. The number of aromatic amines is 1. The normalized spacial score (nSPS) is 17.6. The first-order chi connectivity index (χ1) is 12.5. The van der Waals surface area contributed by atoms with Crippen LogP contribution < -0.4 is 5.73 Å². The Hall–Kier alpha value is -2.86. The second-order valence-corrected chi connectivity index (χ2v) is 6.73. The average molecular weight is 350 g/mol. The summed E-state index contributed by atoms with van der Waals surface area (Å²) < 4.78 is 5.81. The highest BCUT2D eigenvalue weighted by Gasteiger charge is 2.27. The molecule has 1 atom stereocenters. The maximum atomic E-state index is 13.0. The third-order valence-electron chi connectivity index (χ3n) is 5.03. The molecular formula is C20H22N4O2. The van der Waals surface area contributed by atoms with Crippen molar-refractivity contribution in [2.75, 3.05) is 25.4 Å². The van der Waals surface area contributed by atoms with Crippen LogP contribution in [0, 0.1) is 13.8 Å². The SMILES string of the molecule is Cc1[nH]c2ccc(C(=O)N3CCO[C@H](c4cccc(N)n4)C3)cc2c1C. The van der Waals surface area contributed by atoms with Gasteiger partial charge in [-0.1, -0.05) is 6.07 Å². The first-order valence-electron chi connectivity index (χ1n) is 8.75. The zero-order valence-electron chi connectivity index (χ0n) is 15.0. The van der Waals surface area contributed by atoms with E-state index in [2.05, 4.69) is 16.9 Å².